The smallest absolute Gasteiger partial charge is 0.164 e. The summed E-state index contributed by atoms with van der Waals surface area (Å²) in [4.78, 5) is 16.5. The van der Waals surface area contributed by atoms with E-state index >= 15 is 0 Å². The number of thiophene rings is 3. The average Bonchev–Trinajstić information content (AvgIpc) is 4.21. The Morgan fingerprint density at radius 3 is 1.50 bits per heavy atom. The Morgan fingerprint density at radius 2 is 0.806 bits per heavy atom. The van der Waals surface area contributed by atoms with Crippen molar-refractivity contribution in [2.75, 3.05) is 0 Å². The van der Waals surface area contributed by atoms with Crippen molar-refractivity contribution in [1.82, 2.24) is 19.5 Å². The molecule has 0 fully saturated rings. The molecular formula is C65H36N4S3. The molecule has 0 spiro atoms. The number of aromatic nitrogens is 4. The summed E-state index contributed by atoms with van der Waals surface area (Å²) in [6, 6.07) is 79.8. The van der Waals surface area contributed by atoms with Gasteiger partial charge in [-0.05, 0) is 88.5 Å². The summed E-state index contributed by atoms with van der Waals surface area (Å²) in [5.41, 5.74) is 8.55. The van der Waals surface area contributed by atoms with Gasteiger partial charge in [-0.15, -0.1) is 34.0 Å². The molecule has 0 amide bonds. The Balaban J connectivity index is 1.01. The fourth-order valence-electron chi connectivity index (χ4n) is 11.4. The van der Waals surface area contributed by atoms with Crippen LogP contribution in [0, 0.1) is 0 Å². The van der Waals surface area contributed by atoms with Gasteiger partial charge in [-0.1, -0.05) is 152 Å². The maximum Gasteiger partial charge on any atom is 0.164 e. The number of benzene rings is 11. The summed E-state index contributed by atoms with van der Waals surface area (Å²) in [7, 11) is 0. The Morgan fingerprint density at radius 1 is 0.292 bits per heavy atom. The molecule has 0 saturated carbocycles. The van der Waals surface area contributed by atoms with E-state index in [1.54, 1.807) is 0 Å². The largest absolute Gasteiger partial charge is 0.308 e. The van der Waals surface area contributed by atoms with Gasteiger partial charge in [0, 0.05) is 98.9 Å². The fourth-order valence-corrected chi connectivity index (χ4v) is 14.8. The maximum atomic E-state index is 5.53. The summed E-state index contributed by atoms with van der Waals surface area (Å²) in [6.45, 7) is 0. The van der Waals surface area contributed by atoms with E-state index in [4.69, 9.17) is 15.0 Å². The molecule has 5 heterocycles. The summed E-state index contributed by atoms with van der Waals surface area (Å²) in [5.74, 6) is 1.93. The number of nitrogens with zero attached hydrogens (tertiary/aromatic N) is 4. The third-order valence-corrected chi connectivity index (χ3v) is 18.0. The van der Waals surface area contributed by atoms with Crippen molar-refractivity contribution in [2.24, 2.45) is 0 Å². The van der Waals surface area contributed by atoms with Crippen molar-refractivity contribution in [1.29, 1.82) is 0 Å². The van der Waals surface area contributed by atoms with Gasteiger partial charge in [-0.3, -0.25) is 0 Å². The van der Waals surface area contributed by atoms with Crippen molar-refractivity contribution in [2.45, 2.75) is 0 Å². The molecule has 5 aromatic heterocycles. The number of hydrogen-bond donors (Lipinski definition) is 0. The molecule has 11 aromatic carbocycles. The van der Waals surface area contributed by atoms with Crippen molar-refractivity contribution < 1.29 is 0 Å². The van der Waals surface area contributed by atoms with Crippen LogP contribution in [0.15, 0.2) is 218 Å². The normalized spacial score (nSPS) is 12.2. The lowest BCUT2D eigenvalue weighted by molar-refractivity contribution is 1.08. The lowest BCUT2D eigenvalue weighted by Gasteiger charge is -2.17. The zero-order valence-electron chi connectivity index (χ0n) is 38.3. The quantitative estimate of drug-likeness (QED) is 0.173. The molecule has 0 bridgehead atoms. The Labute approximate surface area is 424 Å². The third kappa shape index (κ3) is 5.99. The molecule has 7 heteroatoms. The van der Waals surface area contributed by atoms with Gasteiger partial charge >= 0.3 is 0 Å². The fraction of sp³-hybridized carbons (Fsp3) is 0. The lowest BCUT2D eigenvalue weighted by Crippen LogP contribution is -2.02. The highest BCUT2D eigenvalue weighted by Gasteiger charge is 2.23. The molecule has 16 aromatic rings. The van der Waals surface area contributed by atoms with Gasteiger partial charge in [-0.25, -0.2) is 15.0 Å². The van der Waals surface area contributed by atoms with Crippen LogP contribution in [0.25, 0.3) is 155 Å². The first-order valence-corrected chi connectivity index (χ1v) is 26.6. The van der Waals surface area contributed by atoms with E-state index in [1.165, 1.54) is 98.4 Å². The van der Waals surface area contributed by atoms with Crippen LogP contribution in [0.1, 0.15) is 0 Å². The second-order valence-electron chi connectivity index (χ2n) is 18.6. The highest BCUT2D eigenvalue weighted by Crippen LogP contribution is 2.46. The molecule has 0 aliphatic heterocycles. The standard InChI is InChI=1S/C65H36N4S3/c1-2-15-39-35-53-51(33-38(39)14-1)45-31-27-37-13-3-4-16-42(37)62(45)69(53)52-32-29-41(34-50(52)40-28-30-44-43-17-5-8-22-54(43)72-59(44)36-40)63-66-64(48-20-11-25-57-60(48)46-18-6-9-23-55(46)70-57)68-65(67-63)49-21-12-26-58-61(49)47-19-7-10-24-56(47)71-58/h1-36H. The molecule has 0 N–H and O–H groups in total. The molecule has 334 valence electrons. The topological polar surface area (TPSA) is 43.6 Å². The first-order chi connectivity index (χ1) is 35.7. The number of rotatable bonds is 5. The SMILES string of the molecule is c1ccc2cc3c(cc2c1)c1ccc2ccccc2c1n3-c1ccc(-c2nc(-c3cccc4sc5ccccc5c34)nc(-c3cccc4sc5ccccc5c34)n2)cc1-c1ccc2c(c1)sc1ccccc12. The minimum atomic E-state index is 0.623. The highest BCUT2D eigenvalue weighted by molar-refractivity contribution is 7.26. The summed E-state index contributed by atoms with van der Waals surface area (Å²) in [5, 5.41) is 14.6. The summed E-state index contributed by atoms with van der Waals surface area (Å²) >= 11 is 5.47. The van der Waals surface area contributed by atoms with Crippen molar-refractivity contribution in [3.05, 3.63) is 218 Å². The van der Waals surface area contributed by atoms with E-state index < -0.39 is 0 Å². The molecule has 16 rings (SSSR count). The van der Waals surface area contributed by atoms with Crippen LogP contribution in [0.4, 0.5) is 0 Å². The Bertz CT molecular complexity index is 4820. The van der Waals surface area contributed by atoms with Crippen molar-refractivity contribution >= 4 is 138 Å². The number of hydrogen-bond acceptors (Lipinski definition) is 6. The number of fused-ring (bicyclic) bond motifs is 15. The van der Waals surface area contributed by atoms with Gasteiger partial charge in [-0.2, -0.15) is 0 Å². The summed E-state index contributed by atoms with van der Waals surface area (Å²) < 4.78 is 9.95. The van der Waals surface area contributed by atoms with Crippen LogP contribution in [-0.4, -0.2) is 19.5 Å². The minimum absolute atomic E-state index is 0.623. The molecule has 72 heavy (non-hydrogen) atoms. The first-order valence-electron chi connectivity index (χ1n) is 24.2. The van der Waals surface area contributed by atoms with Crippen molar-refractivity contribution in [3.8, 4) is 51.0 Å². The predicted molar refractivity (Wildman–Crippen MR) is 310 cm³/mol. The van der Waals surface area contributed by atoms with E-state index in [2.05, 4.69) is 223 Å². The predicted octanol–water partition coefficient (Wildman–Crippen LogP) is 19.0. The van der Waals surface area contributed by atoms with E-state index in [1.807, 2.05) is 34.0 Å². The van der Waals surface area contributed by atoms with E-state index in [0.29, 0.717) is 17.5 Å². The third-order valence-electron chi connectivity index (χ3n) is 14.6. The van der Waals surface area contributed by atoms with Gasteiger partial charge in [0.05, 0.1) is 16.7 Å². The van der Waals surface area contributed by atoms with E-state index in [0.717, 1.165) is 39.0 Å². The zero-order chi connectivity index (χ0) is 47.0. The molecule has 0 unspecified atom stereocenters. The van der Waals surface area contributed by atoms with Crippen LogP contribution in [0.2, 0.25) is 0 Å². The average molecular weight is 969 g/mol. The first kappa shape index (κ1) is 40.2. The van der Waals surface area contributed by atoms with Gasteiger partial charge in [0.15, 0.2) is 17.5 Å². The van der Waals surface area contributed by atoms with Gasteiger partial charge in [0.2, 0.25) is 0 Å². The second kappa shape index (κ2) is 15.5. The Hall–Kier alpha value is -8.59. The van der Waals surface area contributed by atoms with Crippen LogP contribution >= 0.6 is 34.0 Å². The van der Waals surface area contributed by atoms with Crippen molar-refractivity contribution in [3.63, 3.8) is 0 Å². The van der Waals surface area contributed by atoms with Gasteiger partial charge < -0.3 is 4.57 Å². The molecular weight excluding hydrogens is 933 g/mol. The van der Waals surface area contributed by atoms with E-state index in [-0.39, 0.29) is 0 Å². The monoisotopic (exact) mass is 968 g/mol. The lowest BCUT2D eigenvalue weighted by atomic mass is 9.98. The molecule has 0 atom stereocenters. The summed E-state index contributed by atoms with van der Waals surface area (Å²) in [6.07, 6.45) is 0. The van der Waals surface area contributed by atoms with Crippen LogP contribution < -0.4 is 0 Å². The molecule has 0 aliphatic carbocycles. The van der Waals surface area contributed by atoms with Crippen LogP contribution in [0.5, 0.6) is 0 Å². The zero-order valence-corrected chi connectivity index (χ0v) is 40.7. The van der Waals surface area contributed by atoms with Crippen LogP contribution in [-0.2, 0) is 0 Å². The van der Waals surface area contributed by atoms with Gasteiger partial charge in [0.1, 0.15) is 0 Å². The Kier molecular flexibility index (Phi) is 8.62. The molecule has 4 nitrogen and oxygen atoms in total. The van der Waals surface area contributed by atoms with Crippen LogP contribution in [0.3, 0.4) is 0 Å². The molecule has 0 aliphatic rings. The molecule has 0 radical (unpaired) electrons. The second-order valence-corrected chi connectivity index (χ2v) is 21.9. The van der Waals surface area contributed by atoms with E-state index in [9.17, 15) is 0 Å². The highest BCUT2D eigenvalue weighted by atomic mass is 32.1. The minimum Gasteiger partial charge on any atom is -0.308 e. The molecule has 0 saturated heterocycles. The maximum absolute atomic E-state index is 5.53. The van der Waals surface area contributed by atoms with Gasteiger partial charge in [0.25, 0.3) is 0 Å².